The lowest BCUT2D eigenvalue weighted by Crippen LogP contribution is -2.50. The van der Waals surface area contributed by atoms with Crippen molar-refractivity contribution < 1.29 is 14.6 Å². The molecular formula is C26H29ClN4O4. The van der Waals surface area contributed by atoms with Gasteiger partial charge in [-0.3, -0.25) is 14.2 Å². The van der Waals surface area contributed by atoms with Gasteiger partial charge in [0.1, 0.15) is 18.1 Å². The Kier molecular flexibility index (Phi) is 7.73. The van der Waals surface area contributed by atoms with Crippen molar-refractivity contribution in [1.82, 2.24) is 14.5 Å². The van der Waals surface area contributed by atoms with Crippen LogP contribution in [-0.4, -0.2) is 65.4 Å². The molecule has 0 atom stereocenters. The van der Waals surface area contributed by atoms with Gasteiger partial charge in [-0.25, -0.2) is 4.98 Å². The quantitative estimate of drug-likeness (QED) is 0.541. The van der Waals surface area contributed by atoms with Crippen molar-refractivity contribution in [3.05, 3.63) is 75.2 Å². The van der Waals surface area contributed by atoms with Crippen LogP contribution in [-0.2, 0) is 17.8 Å². The number of ether oxygens (including phenoxy) is 1. The van der Waals surface area contributed by atoms with E-state index in [0.717, 1.165) is 11.4 Å². The number of aryl methyl sites for hydroxylation is 1. The lowest BCUT2D eigenvalue weighted by molar-refractivity contribution is -0.132. The minimum atomic E-state index is -0.304. The number of anilines is 1. The molecule has 1 aromatic heterocycles. The number of carbonyl (C=O) groups is 1. The third kappa shape index (κ3) is 5.49. The molecule has 2 aromatic carbocycles. The summed E-state index contributed by atoms with van der Waals surface area (Å²) in [4.78, 5) is 35.3. The molecule has 1 amide bonds. The minimum Gasteiger partial charge on any atom is -0.497 e. The molecule has 8 nitrogen and oxygen atoms in total. The predicted octanol–water partition coefficient (Wildman–Crippen LogP) is 2.76. The van der Waals surface area contributed by atoms with Crippen LogP contribution in [0, 0.1) is 6.92 Å². The number of benzene rings is 2. The summed E-state index contributed by atoms with van der Waals surface area (Å²) >= 11 is 6.04. The number of aromatic nitrogens is 2. The van der Waals surface area contributed by atoms with Crippen molar-refractivity contribution in [2.75, 3.05) is 44.8 Å². The van der Waals surface area contributed by atoms with E-state index in [1.54, 1.807) is 43.2 Å². The lowest BCUT2D eigenvalue weighted by atomic mass is 10.1. The minimum absolute atomic E-state index is 0.120. The molecular weight excluding hydrogens is 468 g/mol. The average molecular weight is 497 g/mol. The van der Waals surface area contributed by atoms with Crippen LogP contribution in [0.4, 0.5) is 5.69 Å². The summed E-state index contributed by atoms with van der Waals surface area (Å²) in [5.74, 6) is 1.07. The number of aliphatic hydroxyl groups excluding tert-OH is 1. The zero-order valence-corrected chi connectivity index (χ0v) is 20.7. The van der Waals surface area contributed by atoms with E-state index >= 15 is 0 Å². The number of piperazine rings is 1. The molecule has 1 aliphatic heterocycles. The third-order valence-corrected chi connectivity index (χ3v) is 6.55. The van der Waals surface area contributed by atoms with Gasteiger partial charge in [-0.2, -0.15) is 0 Å². The van der Waals surface area contributed by atoms with Crippen molar-refractivity contribution in [3.63, 3.8) is 0 Å². The van der Waals surface area contributed by atoms with Crippen LogP contribution >= 0.6 is 11.6 Å². The largest absolute Gasteiger partial charge is 0.497 e. The number of amides is 1. The summed E-state index contributed by atoms with van der Waals surface area (Å²) in [5.41, 5.74) is 2.44. The molecule has 0 aliphatic carbocycles. The Hall–Kier alpha value is -3.36. The van der Waals surface area contributed by atoms with Crippen LogP contribution in [0.3, 0.4) is 0 Å². The van der Waals surface area contributed by atoms with E-state index in [2.05, 4.69) is 9.88 Å². The molecule has 9 heteroatoms. The summed E-state index contributed by atoms with van der Waals surface area (Å²) in [5, 5.41) is 10.0. The Balaban J connectivity index is 1.54. The fraction of sp³-hybridized carbons (Fsp3) is 0.346. The van der Waals surface area contributed by atoms with Gasteiger partial charge in [0.05, 0.1) is 7.11 Å². The number of carbonyl (C=O) groups excluding carboxylic acids is 1. The smallest absolute Gasteiger partial charge is 0.257 e. The number of hydrogen-bond acceptors (Lipinski definition) is 6. The Morgan fingerprint density at radius 3 is 2.31 bits per heavy atom. The fourth-order valence-electron chi connectivity index (χ4n) is 4.31. The molecule has 35 heavy (non-hydrogen) atoms. The number of aliphatic hydroxyl groups is 1. The highest BCUT2D eigenvalue weighted by Crippen LogP contribution is 2.22. The third-order valence-electron chi connectivity index (χ3n) is 6.30. The van der Waals surface area contributed by atoms with Crippen LogP contribution in [0.1, 0.15) is 11.3 Å². The summed E-state index contributed by atoms with van der Waals surface area (Å²) in [6.45, 7) is 3.95. The molecule has 0 bridgehead atoms. The van der Waals surface area contributed by atoms with Crippen molar-refractivity contribution in [1.29, 1.82) is 0 Å². The van der Waals surface area contributed by atoms with Crippen molar-refractivity contribution in [2.24, 2.45) is 0 Å². The van der Waals surface area contributed by atoms with Gasteiger partial charge in [-0.15, -0.1) is 0 Å². The van der Waals surface area contributed by atoms with E-state index < -0.39 is 0 Å². The molecule has 184 valence electrons. The second kappa shape index (κ2) is 10.9. The van der Waals surface area contributed by atoms with Crippen LogP contribution in [0.15, 0.2) is 53.3 Å². The zero-order valence-electron chi connectivity index (χ0n) is 19.9. The highest BCUT2D eigenvalue weighted by atomic mass is 35.5. The Labute approximate surface area is 209 Å². The topological polar surface area (TPSA) is 87.9 Å². The molecule has 0 unspecified atom stereocenters. The second-order valence-corrected chi connectivity index (χ2v) is 8.87. The van der Waals surface area contributed by atoms with Gasteiger partial charge >= 0.3 is 0 Å². The van der Waals surface area contributed by atoms with Gasteiger partial charge < -0.3 is 19.6 Å². The van der Waals surface area contributed by atoms with Crippen molar-refractivity contribution >= 4 is 23.2 Å². The summed E-state index contributed by atoms with van der Waals surface area (Å²) in [7, 11) is 1.64. The van der Waals surface area contributed by atoms with Gasteiger partial charge in [0.2, 0.25) is 5.91 Å². The number of methoxy groups -OCH3 is 1. The predicted molar refractivity (Wildman–Crippen MR) is 136 cm³/mol. The first-order valence-corrected chi connectivity index (χ1v) is 11.9. The first kappa shape index (κ1) is 24.8. The molecule has 3 aromatic rings. The molecule has 4 rings (SSSR count). The number of halogens is 1. The molecule has 1 saturated heterocycles. The molecule has 0 radical (unpaired) electrons. The summed E-state index contributed by atoms with van der Waals surface area (Å²) in [6.07, 6.45) is 0.188. The van der Waals surface area contributed by atoms with Crippen LogP contribution in [0.25, 0.3) is 11.4 Å². The summed E-state index contributed by atoms with van der Waals surface area (Å²) < 4.78 is 6.64. The van der Waals surface area contributed by atoms with E-state index in [-0.39, 0.29) is 31.0 Å². The highest BCUT2D eigenvalue weighted by molar-refractivity contribution is 6.30. The molecule has 0 saturated carbocycles. The second-order valence-electron chi connectivity index (χ2n) is 8.44. The van der Waals surface area contributed by atoms with E-state index in [4.69, 9.17) is 16.3 Å². The Morgan fingerprint density at radius 1 is 1.06 bits per heavy atom. The van der Waals surface area contributed by atoms with E-state index in [1.807, 2.05) is 24.3 Å². The number of hydrogen-bond donors (Lipinski definition) is 1. The first-order chi connectivity index (χ1) is 16.9. The van der Waals surface area contributed by atoms with E-state index in [9.17, 15) is 14.7 Å². The maximum atomic E-state index is 13.3. The van der Waals surface area contributed by atoms with Crippen molar-refractivity contribution in [2.45, 2.75) is 19.9 Å². The molecule has 1 fully saturated rings. The molecule has 1 N–H and O–H groups in total. The monoisotopic (exact) mass is 496 g/mol. The lowest BCUT2D eigenvalue weighted by Gasteiger charge is -2.36. The van der Waals surface area contributed by atoms with Gasteiger partial charge in [0.25, 0.3) is 5.56 Å². The maximum absolute atomic E-state index is 13.3. The normalized spacial score (nSPS) is 13.7. The van der Waals surface area contributed by atoms with Crippen LogP contribution in [0.2, 0.25) is 5.02 Å². The molecule has 2 heterocycles. The average Bonchev–Trinajstić information content (AvgIpc) is 2.88. The molecule has 0 spiro atoms. The standard InChI is InChI=1S/C26H29ClN4O4/c1-18-23(11-16-32)26(34)31(25(28-18)19-3-5-20(27)6-4-19)17-24(33)30-14-12-29(13-15-30)21-7-9-22(35-2)10-8-21/h3-10,32H,11-17H2,1-2H3. The van der Waals surface area contributed by atoms with Crippen LogP contribution in [0.5, 0.6) is 5.75 Å². The van der Waals surface area contributed by atoms with Gasteiger partial charge in [-0.1, -0.05) is 11.6 Å². The van der Waals surface area contributed by atoms with E-state index in [1.165, 1.54) is 4.57 Å². The highest BCUT2D eigenvalue weighted by Gasteiger charge is 2.24. The SMILES string of the molecule is COc1ccc(N2CCN(C(=O)Cn3c(-c4ccc(Cl)cc4)nc(C)c(CCO)c3=O)CC2)cc1. The Morgan fingerprint density at radius 2 is 1.71 bits per heavy atom. The van der Waals surface area contributed by atoms with Crippen molar-refractivity contribution in [3.8, 4) is 17.1 Å². The Bertz CT molecular complexity index is 1230. The number of rotatable bonds is 7. The van der Waals surface area contributed by atoms with Gasteiger partial charge in [-0.05, 0) is 55.5 Å². The number of nitrogens with zero attached hydrogens (tertiary/aromatic N) is 4. The van der Waals surface area contributed by atoms with E-state index in [0.29, 0.717) is 53.8 Å². The van der Waals surface area contributed by atoms with Gasteiger partial charge in [0, 0.05) is 66.7 Å². The molecule has 1 aliphatic rings. The fourth-order valence-corrected chi connectivity index (χ4v) is 4.43. The van der Waals surface area contributed by atoms with Crippen LogP contribution < -0.4 is 15.2 Å². The van der Waals surface area contributed by atoms with Gasteiger partial charge in [0.15, 0.2) is 0 Å². The zero-order chi connectivity index (χ0) is 24.9. The first-order valence-electron chi connectivity index (χ1n) is 11.5. The summed E-state index contributed by atoms with van der Waals surface area (Å²) in [6, 6.07) is 14.9. The maximum Gasteiger partial charge on any atom is 0.257 e.